The number of hydrogen-bond acceptors (Lipinski definition) is 4. The summed E-state index contributed by atoms with van der Waals surface area (Å²) in [5.74, 6) is -0.0457. The van der Waals surface area contributed by atoms with Crippen LogP contribution in [0.4, 0.5) is 37.7 Å². The van der Waals surface area contributed by atoms with E-state index >= 15 is 0 Å². The van der Waals surface area contributed by atoms with Crippen LogP contribution < -0.4 is 19.3 Å². The number of hydrogen-bond donors (Lipinski definition) is 0. The van der Waals surface area contributed by atoms with Gasteiger partial charge in [-0.2, -0.15) is 0 Å². The van der Waals surface area contributed by atoms with E-state index in [0.29, 0.717) is 18.9 Å². The third-order valence-electron chi connectivity index (χ3n) is 7.53. The monoisotopic (exact) mass is 544 g/mol. The number of halogens is 6. The average molecular weight is 545 g/mol. The second-order valence-corrected chi connectivity index (χ2v) is 10.9. The van der Waals surface area contributed by atoms with E-state index in [0.717, 1.165) is 36.3 Å². The van der Waals surface area contributed by atoms with Crippen molar-refractivity contribution in [2.24, 2.45) is 11.8 Å². The maximum Gasteiger partial charge on any atom is 0.573 e. The lowest BCUT2D eigenvalue weighted by molar-refractivity contribution is -0.275. The molecule has 2 aliphatic rings. The van der Waals surface area contributed by atoms with E-state index in [9.17, 15) is 26.3 Å². The Morgan fingerprint density at radius 1 is 0.737 bits per heavy atom. The topological polar surface area (TPSA) is 24.9 Å². The molecule has 2 fully saturated rings. The van der Waals surface area contributed by atoms with Gasteiger partial charge in [0.15, 0.2) is 0 Å². The SMILES string of the molecule is CC(C)C1CCCN1c1cc(OC(F)(F)F)cc(C2CC(C(C)C)N(c3ccc(OC(F)(F)F)cc3)C2)c1. The molecule has 0 radical (unpaired) electrons. The lowest BCUT2D eigenvalue weighted by Gasteiger charge is -2.31. The van der Waals surface area contributed by atoms with Gasteiger partial charge in [-0.05, 0) is 73.1 Å². The number of benzene rings is 2. The molecule has 4 rings (SSSR count). The van der Waals surface area contributed by atoms with E-state index in [1.807, 2.05) is 6.07 Å². The average Bonchev–Trinajstić information content (AvgIpc) is 3.45. The van der Waals surface area contributed by atoms with Crippen molar-refractivity contribution < 1.29 is 35.8 Å². The highest BCUT2D eigenvalue weighted by molar-refractivity contribution is 5.58. The minimum absolute atomic E-state index is 0.0558. The summed E-state index contributed by atoms with van der Waals surface area (Å²) in [5.41, 5.74) is 2.23. The molecule has 0 aromatic heterocycles. The second-order valence-electron chi connectivity index (χ2n) is 10.9. The van der Waals surface area contributed by atoms with Gasteiger partial charge in [-0.3, -0.25) is 0 Å². The van der Waals surface area contributed by atoms with Crippen molar-refractivity contribution in [2.75, 3.05) is 22.9 Å². The van der Waals surface area contributed by atoms with Crippen LogP contribution >= 0.6 is 0 Å². The first kappa shape index (κ1) is 28.2. The lowest BCUT2D eigenvalue weighted by atomic mass is 9.91. The molecule has 0 saturated carbocycles. The highest BCUT2D eigenvalue weighted by Gasteiger charge is 2.38. The Kier molecular flexibility index (Phi) is 8.00. The molecular formula is C28H34F6N2O2. The summed E-state index contributed by atoms with van der Waals surface area (Å²) in [6.45, 7) is 9.65. The predicted molar refractivity (Wildman–Crippen MR) is 135 cm³/mol. The van der Waals surface area contributed by atoms with Crippen molar-refractivity contribution >= 4 is 11.4 Å². The largest absolute Gasteiger partial charge is 0.573 e. The van der Waals surface area contributed by atoms with Crippen LogP contribution in [-0.4, -0.2) is 37.9 Å². The molecule has 2 heterocycles. The van der Waals surface area contributed by atoms with Gasteiger partial charge in [0, 0.05) is 48.5 Å². The normalized spacial score (nSPS) is 22.6. The summed E-state index contributed by atoms with van der Waals surface area (Å²) in [5, 5.41) is 0. The Bertz CT molecular complexity index is 1080. The Morgan fingerprint density at radius 2 is 1.34 bits per heavy atom. The molecule has 2 saturated heterocycles. The molecule has 3 atom stereocenters. The summed E-state index contributed by atoms with van der Waals surface area (Å²) in [6.07, 6.45) is -6.92. The van der Waals surface area contributed by atoms with Gasteiger partial charge in [-0.15, -0.1) is 26.3 Å². The van der Waals surface area contributed by atoms with Gasteiger partial charge in [0.2, 0.25) is 0 Å². The Morgan fingerprint density at radius 3 is 1.92 bits per heavy atom. The van der Waals surface area contributed by atoms with Crippen LogP contribution in [0.5, 0.6) is 11.5 Å². The summed E-state index contributed by atoms with van der Waals surface area (Å²) >= 11 is 0. The van der Waals surface area contributed by atoms with Crippen molar-refractivity contribution in [2.45, 2.75) is 77.7 Å². The summed E-state index contributed by atoms with van der Waals surface area (Å²) in [6, 6.07) is 11.0. The molecule has 10 heteroatoms. The zero-order valence-electron chi connectivity index (χ0n) is 21.9. The fourth-order valence-electron chi connectivity index (χ4n) is 5.88. The molecule has 2 aromatic carbocycles. The zero-order chi connectivity index (χ0) is 27.8. The Labute approximate surface area is 219 Å². The molecule has 3 unspecified atom stereocenters. The zero-order valence-corrected chi connectivity index (χ0v) is 21.9. The molecule has 0 N–H and O–H groups in total. The van der Waals surface area contributed by atoms with Crippen LogP contribution in [0.15, 0.2) is 42.5 Å². The minimum Gasteiger partial charge on any atom is -0.406 e. The van der Waals surface area contributed by atoms with Crippen LogP contribution in [-0.2, 0) is 0 Å². The highest BCUT2D eigenvalue weighted by atomic mass is 19.4. The maximum atomic E-state index is 13.2. The van der Waals surface area contributed by atoms with Crippen molar-refractivity contribution in [3.63, 3.8) is 0 Å². The molecular weight excluding hydrogens is 510 g/mol. The molecule has 0 aliphatic carbocycles. The Balaban J connectivity index is 1.65. The van der Waals surface area contributed by atoms with Crippen molar-refractivity contribution in [3.8, 4) is 11.5 Å². The van der Waals surface area contributed by atoms with E-state index in [1.165, 1.54) is 24.3 Å². The summed E-state index contributed by atoms with van der Waals surface area (Å²) in [4.78, 5) is 4.31. The number of anilines is 2. The number of alkyl halides is 6. The van der Waals surface area contributed by atoms with Gasteiger partial charge in [0.25, 0.3) is 0 Å². The van der Waals surface area contributed by atoms with Gasteiger partial charge < -0.3 is 19.3 Å². The van der Waals surface area contributed by atoms with Crippen LogP contribution in [0.2, 0.25) is 0 Å². The van der Waals surface area contributed by atoms with E-state index in [-0.39, 0.29) is 35.4 Å². The summed E-state index contributed by atoms with van der Waals surface area (Å²) < 4.78 is 85.8. The third kappa shape index (κ3) is 6.80. The number of nitrogens with zero attached hydrogens (tertiary/aromatic N) is 2. The smallest absolute Gasteiger partial charge is 0.406 e. The molecule has 210 valence electrons. The minimum atomic E-state index is -4.80. The predicted octanol–water partition coefficient (Wildman–Crippen LogP) is 8.13. The van der Waals surface area contributed by atoms with Crippen molar-refractivity contribution in [1.29, 1.82) is 0 Å². The van der Waals surface area contributed by atoms with Gasteiger partial charge in [0.05, 0.1) is 0 Å². The number of ether oxygens (including phenoxy) is 2. The van der Waals surface area contributed by atoms with Crippen LogP contribution in [0.3, 0.4) is 0 Å². The molecule has 38 heavy (non-hydrogen) atoms. The molecule has 2 aliphatic heterocycles. The van der Waals surface area contributed by atoms with Crippen LogP contribution in [0.25, 0.3) is 0 Å². The van der Waals surface area contributed by atoms with Crippen molar-refractivity contribution in [3.05, 3.63) is 48.0 Å². The fourth-order valence-corrected chi connectivity index (χ4v) is 5.88. The van der Waals surface area contributed by atoms with E-state index < -0.39 is 12.7 Å². The summed E-state index contributed by atoms with van der Waals surface area (Å²) in [7, 11) is 0. The highest BCUT2D eigenvalue weighted by Crippen LogP contribution is 2.42. The number of rotatable bonds is 7. The maximum absolute atomic E-state index is 13.2. The van der Waals surface area contributed by atoms with Gasteiger partial charge in [-0.1, -0.05) is 27.7 Å². The molecule has 0 spiro atoms. The first-order chi connectivity index (χ1) is 17.7. The van der Waals surface area contributed by atoms with Gasteiger partial charge >= 0.3 is 12.7 Å². The van der Waals surface area contributed by atoms with Gasteiger partial charge in [0.1, 0.15) is 11.5 Å². The molecule has 0 amide bonds. The van der Waals surface area contributed by atoms with Crippen molar-refractivity contribution in [1.82, 2.24) is 0 Å². The Hall–Kier alpha value is -2.78. The molecule has 0 bridgehead atoms. The second kappa shape index (κ2) is 10.8. The van der Waals surface area contributed by atoms with Crippen LogP contribution in [0.1, 0.15) is 58.4 Å². The quantitative estimate of drug-likeness (QED) is 0.329. The van der Waals surface area contributed by atoms with Gasteiger partial charge in [-0.25, -0.2) is 0 Å². The lowest BCUT2D eigenvalue weighted by Crippen LogP contribution is -2.33. The molecule has 2 aromatic rings. The van der Waals surface area contributed by atoms with E-state index in [1.54, 1.807) is 12.1 Å². The first-order valence-electron chi connectivity index (χ1n) is 13.0. The van der Waals surface area contributed by atoms with E-state index in [4.69, 9.17) is 0 Å². The third-order valence-corrected chi connectivity index (χ3v) is 7.53. The standard InChI is InChI=1S/C28H34F6N2O2/c1-17(2)25-6-5-11-35(25)22-12-19(13-24(15-22)38-28(32,33)34)20-14-26(18(3)4)36(16-20)21-7-9-23(10-8-21)37-27(29,30)31/h7-10,12-13,15,17-18,20,25-26H,5-6,11,14,16H2,1-4H3. The van der Waals surface area contributed by atoms with E-state index in [2.05, 4.69) is 47.0 Å². The fraction of sp³-hybridized carbons (Fsp3) is 0.571. The van der Waals surface area contributed by atoms with Crippen LogP contribution in [0, 0.1) is 11.8 Å². The molecule has 4 nitrogen and oxygen atoms in total. The first-order valence-corrected chi connectivity index (χ1v) is 13.0.